The summed E-state index contributed by atoms with van der Waals surface area (Å²) in [6.07, 6.45) is 7.10. The molecule has 1 fully saturated rings. The van der Waals surface area contributed by atoms with Crippen molar-refractivity contribution in [3.63, 3.8) is 0 Å². The van der Waals surface area contributed by atoms with Crippen LogP contribution in [0.25, 0.3) is 0 Å². The first-order chi connectivity index (χ1) is 7.75. The van der Waals surface area contributed by atoms with Gasteiger partial charge in [0.25, 0.3) is 0 Å². The van der Waals surface area contributed by atoms with Crippen LogP contribution in [-0.4, -0.2) is 33.6 Å². The van der Waals surface area contributed by atoms with E-state index in [1.807, 2.05) is 0 Å². The van der Waals surface area contributed by atoms with Crippen LogP contribution in [0.5, 0.6) is 0 Å². The van der Waals surface area contributed by atoms with Gasteiger partial charge in [0.05, 0.1) is 12.1 Å². The first-order valence-electron chi connectivity index (χ1n) is 5.47. The predicted molar refractivity (Wildman–Crippen MR) is 58.1 cm³/mol. The zero-order chi connectivity index (χ0) is 11.4. The lowest BCUT2D eigenvalue weighted by Gasteiger charge is -2.28. The lowest BCUT2D eigenvalue weighted by atomic mass is 9.89. The number of carboxylic acids is 1. The topological polar surface area (TPSA) is 75.1 Å². The fraction of sp³-hybridized carbons (Fsp3) is 0.545. The van der Waals surface area contributed by atoms with Crippen molar-refractivity contribution in [2.45, 2.75) is 31.2 Å². The monoisotopic (exact) mass is 221 g/mol. The lowest BCUT2D eigenvalue weighted by Crippen LogP contribution is -2.38. The highest BCUT2D eigenvalue weighted by atomic mass is 16.4. The smallest absolute Gasteiger partial charge is 0.304 e. The average Bonchev–Trinajstić information content (AvgIpc) is 2.30. The molecule has 1 aromatic heterocycles. The van der Waals surface area contributed by atoms with Crippen LogP contribution in [0.4, 0.5) is 0 Å². The SMILES string of the molecule is O=C(O)CC1CC(c2cnccn2)CCN1. The third-order valence-corrected chi connectivity index (χ3v) is 2.92. The normalized spacial score (nSPS) is 25.2. The Labute approximate surface area is 93.9 Å². The molecule has 0 saturated carbocycles. The third-order valence-electron chi connectivity index (χ3n) is 2.92. The second-order valence-corrected chi connectivity index (χ2v) is 4.10. The molecule has 5 heteroatoms. The van der Waals surface area contributed by atoms with E-state index in [1.165, 1.54) is 0 Å². The Morgan fingerprint density at radius 1 is 1.56 bits per heavy atom. The second-order valence-electron chi connectivity index (χ2n) is 4.10. The molecule has 1 aliphatic heterocycles. The van der Waals surface area contributed by atoms with E-state index in [1.54, 1.807) is 18.6 Å². The van der Waals surface area contributed by atoms with E-state index < -0.39 is 5.97 Å². The zero-order valence-corrected chi connectivity index (χ0v) is 8.97. The number of carboxylic acid groups (broad SMARTS) is 1. The van der Waals surface area contributed by atoms with Crippen molar-refractivity contribution in [2.24, 2.45) is 0 Å². The molecule has 2 N–H and O–H groups in total. The largest absolute Gasteiger partial charge is 0.481 e. The number of aliphatic carboxylic acids is 1. The van der Waals surface area contributed by atoms with Crippen molar-refractivity contribution in [2.75, 3.05) is 6.54 Å². The molecule has 1 aliphatic rings. The van der Waals surface area contributed by atoms with Crippen LogP contribution in [0.15, 0.2) is 18.6 Å². The average molecular weight is 221 g/mol. The van der Waals surface area contributed by atoms with Gasteiger partial charge >= 0.3 is 5.97 Å². The molecule has 1 saturated heterocycles. The van der Waals surface area contributed by atoms with Crippen molar-refractivity contribution < 1.29 is 9.90 Å². The molecule has 2 rings (SSSR count). The van der Waals surface area contributed by atoms with E-state index in [2.05, 4.69) is 15.3 Å². The number of rotatable bonds is 3. The minimum atomic E-state index is -0.753. The standard InChI is InChI=1S/C11H15N3O2/c15-11(16)6-9-5-8(1-2-13-9)10-7-12-3-4-14-10/h3-4,7-9,13H,1-2,5-6H2,(H,15,16). The van der Waals surface area contributed by atoms with Crippen LogP contribution >= 0.6 is 0 Å². The minimum Gasteiger partial charge on any atom is -0.481 e. The van der Waals surface area contributed by atoms with Gasteiger partial charge in [-0.2, -0.15) is 0 Å². The molecule has 0 amide bonds. The van der Waals surface area contributed by atoms with Crippen molar-refractivity contribution in [1.82, 2.24) is 15.3 Å². The summed E-state index contributed by atoms with van der Waals surface area (Å²) in [6.45, 7) is 0.846. The highest BCUT2D eigenvalue weighted by molar-refractivity contribution is 5.67. The number of carbonyl (C=O) groups is 1. The molecule has 0 bridgehead atoms. The molecule has 5 nitrogen and oxygen atoms in total. The van der Waals surface area contributed by atoms with Crippen molar-refractivity contribution in [1.29, 1.82) is 0 Å². The second kappa shape index (κ2) is 5.03. The Hall–Kier alpha value is -1.49. The van der Waals surface area contributed by atoms with Gasteiger partial charge in [0.15, 0.2) is 0 Å². The van der Waals surface area contributed by atoms with E-state index >= 15 is 0 Å². The van der Waals surface area contributed by atoms with Gasteiger partial charge in [-0.3, -0.25) is 14.8 Å². The highest BCUT2D eigenvalue weighted by Crippen LogP contribution is 2.26. The number of hydrogen-bond donors (Lipinski definition) is 2. The fourth-order valence-electron chi connectivity index (χ4n) is 2.16. The van der Waals surface area contributed by atoms with Crippen LogP contribution in [-0.2, 0) is 4.79 Å². The maximum atomic E-state index is 10.6. The maximum Gasteiger partial charge on any atom is 0.304 e. The molecule has 0 aromatic carbocycles. The Bertz CT molecular complexity index is 356. The van der Waals surface area contributed by atoms with Gasteiger partial charge < -0.3 is 10.4 Å². The van der Waals surface area contributed by atoms with Gasteiger partial charge in [-0.1, -0.05) is 0 Å². The summed E-state index contributed by atoms with van der Waals surface area (Å²) in [5, 5.41) is 12.0. The zero-order valence-electron chi connectivity index (χ0n) is 8.97. The lowest BCUT2D eigenvalue weighted by molar-refractivity contribution is -0.137. The number of hydrogen-bond acceptors (Lipinski definition) is 4. The van der Waals surface area contributed by atoms with Crippen LogP contribution in [0.1, 0.15) is 30.9 Å². The molecule has 2 heterocycles. The molecule has 2 unspecified atom stereocenters. The summed E-state index contributed by atoms with van der Waals surface area (Å²) >= 11 is 0. The predicted octanol–water partition coefficient (Wildman–Crippen LogP) is 0.787. The van der Waals surface area contributed by atoms with Gasteiger partial charge in [0, 0.05) is 30.6 Å². The summed E-state index contributed by atoms with van der Waals surface area (Å²) in [6, 6.07) is 0.0539. The van der Waals surface area contributed by atoms with Gasteiger partial charge in [0.1, 0.15) is 0 Å². The van der Waals surface area contributed by atoms with Gasteiger partial charge in [-0.05, 0) is 19.4 Å². The Morgan fingerprint density at radius 3 is 3.12 bits per heavy atom. The molecule has 16 heavy (non-hydrogen) atoms. The quantitative estimate of drug-likeness (QED) is 0.789. The molecule has 2 atom stereocenters. The van der Waals surface area contributed by atoms with Crippen molar-refractivity contribution >= 4 is 5.97 Å². The van der Waals surface area contributed by atoms with Crippen LogP contribution in [0.2, 0.25) is 0 Å². The molecule has 0 radical (unpaired) electrons. The van der Waals surface area contributed by atoms with E-state index in [0.717, 1.165) is 25.1 Å². The summed E-state index contributed by atoms with van der Waals surface area (Å²) < 4.78 is 0. The third kappa shape index (κ3) is 2.76. The molecule has 0 aliphatic carbocycles. The van der Waals surface area contributed by atoms with Crippen LogP contribution < -0.4 is 5.32 Å². The number of nitrogens with zero attached hydrogens (tertiary/aromatic N) is 2. The highest BCUT2D eigenvalue weighted by Gasteiger charge is 2.25. The first kappa shape index (κ1) is 11.0. The van der Waals surface area contributed by atoms with Gasteiger partial charge in [-0.15, -0.1) is 0 Å². The summed E-state index contributed by atoms with van der Waals surface area (Å²) in [4.78, 5) is 19.0. The number of aromatic nitrogens is 2. The summed E-state index contributed by atoms with van der Waals surface area (Å²) in [5.74, 6) is -0.420. The molecule has 1 aromatic rings. The minimum absolute atomic E-state index is 0.0539. The number of nitrogens with one attached hydrogen (secondary N) is 1. The molecule has 86 valence electrons. The van der Waals surface area contributed by atoms with Gasteiger partial charge in [-0.25, -0.2) is 0 Å². The van der Waals surface area contributed by atoms with E-state index in [-0.39, 0.29) is 12.5 Å². The van der Waals surface area contributed by atoms with E-state index in [0.29, 0.717) is 5.92 Å². The molecular weight excluding hydrogens is 206 g/mol. The Kier molecular flexibility index (Phi) is 3.46. The van der Waals surface area contributed by atoms with Crippen LogP contribution in [0, 0.1) is 0 Å². The van der Waals surface area contributed by atoms with Crippen LogP contribution in [0.3, 0.4) is 0 Å². The van der Waals surface area contributed by atoms with Crippen molar-refractivity contribution in [3.05, 3.63) is 24.3 Å². The Balaban J connectivity index is 1.99. The number of piperidine rings is 1. The first-order valence-corrected chi connectivity index (χ1v) is 5.47. The fourth-order valence-corrected chi connectivity index (χ4v) is 2.16. The molecule has 0 spiro atoms. The van der Waals surface area contributed by atoms with Gasteiger partial charge in [0.2, 0.25) is 0 Å². The summed E-state index contributed by atoms with van der Waals surface area (Å²) in [5.41, 5.74) is 0.972. The van der Waals surface area contributed by atoms with E-state index in [4.69, 9.17) is 5.11 Å². The van der Waals surface area contributed by atoms with E-state index in [9.17, 15) is 4.79 Å². The Morgan fingerprint density at radius 2 is 2.44 bits per heavy atom. The molecular formula is C11H15N3O2. The summed E-state index contributed by atoms with van der Waals surface area (Å²) in [7, 11) is 0. The van der Waals surface area contributed by atoms with Crippen molar-refractivity contribution in [3.8, 4) is 0 Å². The maximum absolute atomic E-state index is 10.6.